The highest BCUT2D eigenvalue weighted by Gasteiger charge is 2.40. The number of nitrogens with zero attached hydrogens (tertiary/aromatic N) is 2. The monoisotopic (exact) mass is 250 g/mol. The van der Waals surface area contributed by atoms with E-state index in [4.69, 9.17) is 4.74 Å². The number of rotatable bonds is 4. The molecule has 0 aromatic carbocycles. The second-order valence-corrected chi connectivity index (χ2v) is 4.97. The molecular formula is C14H22N2O2. The minimum absolute atomic E-state index is 0.103. The van der Waals surface area contributed by atoms with Gasteiger partial charge in [0.2, 0.25) is 5.78 Å². The number of hydrogen-bond acceptors (Lipinski definition) is 3. The molecule has 1 heterocycles. The fraction of sp³-hybridized carbons (Fsp3) is 0.714. The van der Waals surface area contributed by atoms with Crippen LogP contribution in [0, 0.1) is 0 Å². The molecule has 1 aliphatic rings. The van der Waals surface area contributed by atoms with Crippen molar-refractivity contribution in [3.05, 3.63) is 18.0 Å². The molecule has 2 rings (SSSR count). The normalized spacial score (nSPS) is 19.4. The second-order valence-electron chi connectivity index (χ2n) is 4.97. The summed E-state index contributed by atoms with van der Waals surface area (Å²) in [6.45, 7) is 2.71. The number of methoxy groups -OCH3 is 1. The standard InChI is InChI=1S/C14H22N2O2/c1-3-16-12(8-11-15-16)13(17)14(18-2)9-6-4-5-7-10-14/h8,11H,3-7,9-10H2,1-2H3. The molecule has 1 aliphatic carbocycles. The molecule has 1 aromatic heterocycles. The third kappa shape index (κ3) is 2.34. The number of hydrogen-bond donors (Lipinski definition) is 0. The van der Waals surface area contributed by atoms with Crippen LogP contribution in [0.15, 0.2) is 12.3 Å². The molecule has 0 aliphatic heterocycles. The summed E-state index contributed by atoms with van der Waals surface area (Å²) in [5.74, 6) is 0.103. The predicted octanol–water partition coefficient (Wildman–Crippen LogP) is 2.83. The van der Waals surface area contributed by atoms with E-state index in [1.807, 2.05) is 6.92 Å². The Morgan fingerprint density at radius 3 is 2.61 bits per heavy atom. The third-order valence-corrected chi connectivity index (χ3v) is 3.96. The van der Waals surface area contributed by atoms with Crippen LogP contribution >= 0.6 is 0 Å². The molecule has 0 unspecified atom stereocenters. The summed E-state index contributed by atoms with van der Waals surface area (Å²) >= 11 is 0. The van der Waals surface area contributed by atoms with Crippen LogP contribution in [0.25, 0.3) is 0 Å². The summed E-state index contributed by atoms with van der Waals surface area (Å²) in [6, 6.07) is 1.80. The Hall–Kier alpha value is -1.16. The lowest BCUT2D eigenvalue weighted by atomic mass is 9.87. The summed E-state index contributed by atoms with van der Waals surface area (Å²) in [5, 5.41) is 4.18. The van der Waals surface area contributed by atoms with E-state index >= 15 is 0 Å². The van der Waals surface area contributed by atoms with E-state index in [-0.39, 0.29) is 5.78 Å². The molecule has 1 fully saturated rings. The predicted molar refractivity (Wildman–Crippen MR) is 69.7 cm³/mol. The average Bonchev–Trinajstić information content (AvgIpc) is 2.74. The van der Waals surface area contributed by atoms with Crippen LogP contribution in [0.1, 0.15) is 55.9 Å². The molecule has 0 atom stereocenters. The van der Waals surface area contributed by atoms with Crippen molar-refractivity contribution < 1.29 is 9.53 Å². The zero-order chi connectivity index (χ0) is 13.0. The molecule has 0 amide bonds. The summed E-state index contributed by atoms with van der Waals surface area (Å²) < 4.78 is 7.41. The largest absolute Gasteiger partial charge is 0.370 e. The maximum absolute atomic E-state index is 12.8. The van der Waals surface area contributed by atoms with E-state index < -0.39 is 5.60 Å². The Kier molecular flexibility index (Phi) is 4.17. The van der Waals surface area contributed by atoms with Crippen molar-refractivity contribution in [2.45, 2.75) is 57.6 Å². The fourth-order valence-corrected chi connectivity index (χ4v) is 2.83. The molecule has 0 bridgehead atoms. The number of carbonyl (C=O) groups is 1. The van der Waals surface area contributed by atoms with E-state index in [1.165, 1.54) is 12.8 Å². The van der Waals surface area contributed by atoms with E-state index in [9.17, 15) is 4.79 Å². The zero-order valence-electron chi connectivity index (χ0n) is 11.3. The topological polar surface area (TPSA) is 44.1 Å². The van der Waals surface area contributed by atoms with Gasteiger partial charge in [0.1, 0.15) is 11.3 Å². The van der Waals surface area contributed by atoms with Crippen molar-refractivity contribution in [2.75, 3.05) is 7.11 Å². The average molecular weight is 250 g/mol. The van der Waals surface area contributed by atoms with E-state index in [1.54, 1.807) is 24.1 Å². The van der Waals surface area contributed by atoms with Gasteiger partial charge in [-0.15, -0.1) is 0 Å². The highest BCUT2D eigenvalue weighted by Crippen LogP contribution is 2.33. The molecule has 0 saturated heterocycles. The van der Waals surface area contributed by atoms with Crippen molar-refractivity contribution in [2.24, 2.45) is 0 Å². The molecule has 0 N–H and O–H groups in total. The number of ether oxygens (including phenoxy) is 1. The SMILES string of the molecule is CCn1nccc1C(=O)C1(OC)CCCCCC1. The van der Waals surface area contributed by atoms with Crippen LogP contribution in [0.3, 0.4) is 0 Å². The van der Waals surface area contributed by atoms with Crippen molar-refractivity contribution >= 4 is 5.78 Å². The Morgan fingerprint density at radius 1 is 1.39 bits per heavy atom. The van der Waals surface area contributed by atoms with Crippen LogP contribution in [-0.2, 0) is 11.3 Å². The minimum atomic E-state index is -0.622. The van der Waals surface area contributed by atoms with Gasteiger partial charge in [-0.2, -0.15) is 5.10 Å². The van der Waals surface area contributed by atoms with Crippen molar-refractivity contribution in [1.82, 2.24) is 9.78 Å². The summed E-state index contributed by atoms with van der Waals surface area (Å²) in [5.41, 5.74) is 0.0601. The highest BCUT2D eigenvalue weighted by atomic mass is 16.5. The zero-order valence-corrected chi connectivity index (χ0v) is 11.3. The minimum Gasteiger partial charge on any atom is -0.370 e. The van der Waals surface area contributed by atoms with Gasteiger partial charge in [0.05, 0.1) is 0 Å². The van der Waals surface area contributed by atoms with Crippen molar-refractivity contribution in [1.29, 1.82) is 0 Å². The molecule has 18 heavy (non-hydrogen) atoms. The lowest BCUT2D eigenvalue weighted by Gasteiger charge is -2.29. The van der Waals surface area contributed by atoms with Gasteiger partial charge >= 0.3 is 0 Å². The Balaban J connectivity index is 2.28. The van der Waals surface area contributed by atoms with Crippen LogP contribution in [-0.4, -0.2) is 28.3 Å². The number of ketones is 1. The fourth-order valence-electron chi connectivity index (χ4n) is 2.83. The Morgan fingerprint density at radius 2 is 2.06 bits per heavy atom. The van der Waals surface area contributed by atoms with E-state index in [0.29, 0.717) is 12.2 Å². The first-order valence-electron chi connectivity index (χ1n) is 6.85. The highest BCUT2D eigenvalue weighted by molar-refractivity contribution is 6.01. The van der Waals surface area contributed by atoms with Crippen LogP contribution < -0.4 is 0 Å². The van der Waals surface area contributed by atoms with Gasteiger partial charge in [-0.1, -0.05) is 25.7 Å². The lowest BCUT2D eigenvalue weighted by Crippen LogP contribution is -2.41. The van der Waals surface area contributed by atoms with E-state index in [2.05, 4.69) is 5.10 Å². The molecular weight excluding hydrogens is 228 g/mol. The van der Waals surface area contributed by atoms with Crippen LogP contribution in [0.2, 0.25) is 0 Å². The van der Waals surface area contributed by atoms with E-state index in [0.717, 1.165) is 25.7 Å². The third-order valence-electron chi connectivity index (χ3n) is 3.96. The molecule has 4 nitrogen and oxygen atoms in total. The first kappa shape index (κ1) is 13.3. The maximum Gasteiger partial charge on any atom is 0.212 e. The first-order chi connectivity index (χ1) is 8.73. The maximum atomic E-state index is 12.8. The Bertz CT molecular complexity index is 404. The Labute approximate surface area is 108 Å². The van der Waals surface area contributed by atoms with Gasteiger partial charge in [-0.05, 0) is 25.8 Å². The molecule has 4 heteroatoms. The molecule has 1 aromatic rings. The van der Waals surface area contributed by atoms with Gasteiger partial charge in [0.15, 0.2) is 0 Å². The number of aryl methyl sites for hydroxylation is 1. The molecule has 0 spiro atoms. The summed E-state index contributed by atoms with van der Waals surface area (Å²) in [7, 11) is 1.66. The van der Waals surface area contributed by atoms with Gasteiger partial charge in [-0.25, -0.2) is 0 Å². The van der Waals surface area contributed by atoms with Gasteiger partial charge in [-0.3, -0.25) is 9.48 Å². The van der Waals surface area contributed by atoms with Gasteiger partial charge in [0.25, 0.3) is 0 Å². The summed E-state index contributed by atoms with van der Waals surface area (Å²) in [4.78, 5) is 12.8. The second kappa shape index (κ2) is 5.65. The molecule has 1 saturated carbocycles. The molecule has 100 valence electrons. The van der Waals surface area contributed by atoms with Crippen LogP contribution in [0.4, 0.5) is 0 Å². The number of carbonyl (C=O) groups excluding carboxylic acids is 1. The quantitative estimate of drug-likeness (QED) is 0.609. The number of Topliss-reactive ketones (excluding diaryl/α,β-unsaturated/α-hetero) is 1. The van der Waals surface area contributed by atoms with Gasteiger partial charge in [0, 0.05) is 19.9 Å². The van der Waals surface area contributed by atoms with Crippen molar-refractivity contribution in [3.63, 3.8) is 0 Å². The first-order valence-corrected chi connectivity index (χ1v) is 6.85. The molecule has 0 radical (unpaired) electrons. The van der Waals surface area contributed by atoms with Crippen LogP contribution in [0.5, 0.6) is 0 Å². The number of aromatic nitrogens is 2. The lowest BCUT2D eigenvalue weighted by molar-refractivity contribution is -0.00772. The smallest absolute Gasteiger partial charge is 0.212 e. The van der Waals surface area contributed by atoms with Crippen molar-refractivity contribution in [3.8, 4) is 0 Å². The van der Waals surface area contributed by atoms with Gasteiger partial charge < -0.3 is 4.74 Å². The summed E-state index contributed by atoms with van der Waals surface area (Å²) in [6.07, 6.45) is 7.89.